The van der Waals surface area contributed by atoms with E-state index in [4.69, 9.17) is 21.1 Å². The number of hydrogen-bond donors (Lipinski definition) is 1. The summed E-state index contributed by atoms with van der Waals surface area (Å²) in [5, 5.41) is 3.28. The maximum absolute atomic E-state index is 11.9. The molecule has 0 aliphatic heterocycles. The van der Waals surface area contributed by atoms with E-state index in [0.29, 0.717) is 17.4 Å². The Hall–Kier alpha value is -1.72. The Labute approximate surface area is 155 Å². The zero-order valence-electron chi connectivity index (χ0n) is 13.5. The Morgan fingerprint density at radius 2 is 1.96 bits per heavy atom. The van der Waals surface area contributed by atoms with Gasteiger partial charge in [-0.1, -0.05) is 45.7 Å². The molecule has 0 aliphatic carbocycles. The van der Waals surface area contributed by atoms with Crippen molar-refractivity contribution >= 4 is 33.4 Å². The second-order valence-electron chi connectivity index (χ2n) is 5.41. The molecule has 0 bridgehead atoms. The molecule has 1 amide bonds. The number of carbonyl (C=O) groups is 1. The van der Waals surface area contributed by atoms with Crippen LogP contribution in [0.2, 0.25) is 5.02 Å². The van der Waals surface area contributed by atoms with Crippen LogP contribution in [0, 0.1) is 6.92 Å². The maximum atomic E-state index is 11.9. The van der Waals surface area contributed by atoms with Gasteiger partial charge in [-0.15, -0.1) is 0 Å². The summed E-state index contributed by atoms with van der Waals surface area (Å²) >= 11 is 9.36. The summed E-state index contributed by atoms with van der Waals surface area (Å²) in [5.41, 5.74) is 1.06. The second kappa shape index (κ2) is 8.94. The molecule has 0 aromatic heterocycles. The van der Waals surface area contributed by atoms with Crippen molar-refractivity contribution < 1.29 is 14.3 Å². The normalized spacial score (nSPS) is 11.7. The van der Waals surface area contributed by atoms with Crippen molar-refractivity contribution in [3.63, 3.8) is 0 Å². The minimum absolute atomic E-state index is 0.101. The third kappa shape index (κ3) is 5.73. The van der Waals surface area contributed by atoms with Crippen LogP contribution >= 0.6 is 27.5 Å². The quantitative estimate of drug-likeness (QED) is 0.734. The number of benzene rings is 2. The van der Waals surface area contributed by atoms with E-state index >= 15 is 0 Å². The van der Waals surface area contributed by atoms with E-state index in [0.717, 1.165) is 15.8 Å². The van der Waals surface area contributed by atoms with Crippen LogP contribution in [0.5, 0.6) is 11.5 Å². The van der Waals surface area contributed by atoms with Gasteiger partial charge in [0, 0.05) is 4.47 Å². The molecule has 128 valence electrons. The van der Waals surface area contributed by atoms with Gasteiger partial charge in [-0.2, -0.15) is 0 Å². The van der Waals surface area contributed by atoms with Crippen molar-refractivity contribution in [2.24, 2.45) is 0 Å². The van der Waals surface area contributed by atoms with Gasteiger partial charge < -0.3 is 14.8 Å². The molecule has 0 saturated heterocycles. The highest BCUT2D eigenvalue weighted by atomic mass is 79.9. The van der Waals surface area contributed by atoms with Gasteiger partial charge >= 0.3 is 0 Å². The number of hydrogen-bond acceptors (Lipinski definition) is 3. The number of ether oxygens (including phenoxy) is 2. The molecule has 0 saturated carbocycles. The molecule has 4 nitrogen and oxygen atoms in total. The van der Waals surface area contributed by atoms with Crippen molar-refractivity contribution in [2.75, 3.05) is 13.2 Å². The Balaban J connectivity index is 1.76. The fraction of sp³-hybridized carbons (Fsp3) is 0.278. The van der Waals surface area contributed by atoms with Gasteiger partial charge in [0.1, 0.15) is 18.1 Å². The first-order chi connectivity index (χ1) is 11.5. The molecule has 1 atom stereocenters. The Morgan fingerprint density at radius 1 is 1.21 bits per heavy atom. The van der Waals surface area contributed by atoms with Gasteiger partial charge in [0.15, 0.2) is 6.61 Å². The van der Waals surface area contributed by atoms with E-state index in [2.05, 4.69) is 21.2 Å². The van der Waals surface area contributed by atoms with Crippen molar-refractivity contribution in [3.8, 4) is 11.5 Å². The molecule has 2 rings (SSSR count). The Bertz CT molecular complexity index is 708. The Morgan fingerprint density at radius 3 is 2.67 bits per heavy atom. The van der Waals surface area contributed by atoms with Crippen molar-refractivity contribution in [3.05, 3.63) is 57.5 Å². The van der Waals surface area contributed by atoms with Crippen LogP contribution in [0.3, 0.4) is 0 Å². The monoisotopic (exact) mass is 411 g/mol. The third-order valence-electron chi connectivity index (χ3n) is 3.24. The molecule has 1 unspecified atom stereocenters. The molecule has 0 spiro atoms. The summed E-state index contributed by atoms with van der Waals surface area (Å²) in [6, 6.07) is 12.9. The smallest absolute Gasteiger partial charge is 0.258 e. The average Bonchev–Trinajstić information content (AvgIpc) is 2.53. The highest BCUT2D eigenvalue weighted by Crippen LogP contribution is 2.27. The highest BCUT2D eigenvalue weighted by Gasteiger charge is 2.11. The fourth-order valence-electron chi connectivity index (χ4n) is 2.03. The first kappa shape index (κ1) is 18.6. The lowest BCUT2D eigenvalue weighted by Gasteiger charge is -2.16. The molecule has 0 aliphatic rings. The van der Waals surface area contributed by atoms with E-state index < -0.39 is 0 Å². The van der Waals surface area contributed by atoms with Crippen LogP contribution in [0.15, 0.2) is 46.9 Å². The SMILES string of the molecule is Cc1ccccc1OCC(C)NC(=O)COc1ccc(Br)cc1Cl. The number of aryl methyl sites for hydroxylation is 1. The molecule has 6 heteroatoms. The van der Waals surface area contributed by atoms with Crippen molar-refractivity contribution in [1.29, 1.82) is 0 Å². The molecular weight excluding hydrogens is 394 g/mol. The van der Waals surface area contributed by atoms with Crippen LogP contribution in [-0.4, -0.2) is 25.2 Å². The predicted molar refractivity (Wildman–Crippen MR) is 98.9 cm³/mol. The lowest BCUT2D eigenvalue weighted by atomic mass is 10.2. The van der Waals surface area contributed by atoms with Crippen LogP contribution in [0.4, 0.5) is 0 Å². The van der Waals surface area contributed by atoms with E-state index in [9.17, 15) is 4.79 Å². The van der Waals surface area contributed by atoms with E-state index in [1.807, 2.05) is 38.1 Å². The molecule has 24 heavy (non-hydrogen) atoms. The number of amides is 1. The number of carbonyl (C=O) groups excluding carboxylic acids is 1. The minimum Gasteiger partial charge on any atom is -0.491 e. The zero-order chi connectivity index (χ0) is 17.5. The van der Waals surface area contributed by atoms with Gasteiger partial charge in [-0.05, 0) is 43.7 Å². The van der Waals surface area contributed by atoms with Crippen LogP contribution in [0.1, 0.15) is 12.5 Å². The molecule has 2 aromatic carbocycles. The number of nitrogens with one attached hydrogen (secondary N) is 1. The first-order valence-electron chi connectivity index (χ1n) is 7.51. The largest absolute Gasteiger partial charge is 0.491 e. The minimum atomic E-state index is -0.227. The summed E-state index contributed by atoms with van der Waals surface area (Å²) < 4.78 is 12.0. The molecular formula is C18H19BrClNO3. The maximum Gasteiger partial charge on any atom is 0.258 e. The molecule has 0 radical (unpaired) electrons. The predicted octanol–water partition coefficient (Wildman–Crippen LogP) is 4.37. The van der Waals surface area contributed by atoms with Gasteiger partial charge in [-0.25, -0.2) is 0 Å². The van der Waals surface area contributed by atoms with E-state index in [1.54, 1.807) is 18.2 Å². The lowest BCUT2D eigenvalue weighted by Crippen LogP contribution is -2.39. The van der Waals surface area contributed by atoms with Crippen LogP contribution in [-0.2, 0) is 4.79 Å². The summed E-state index contributed by atoms with van der Waals surface area (Å²) in [7, 11) is 0. The average molecular weight is 413 g/mol. The molecule has 0 fully saturated rings. The summed E-state index contributed by atoms with van der Waals surface area (Å²) in [5.74, 6) is 1.06. The molecule has 2 aromatic rings. The second-order valence-corrected chi connectivity index (χ2v) is 6.73. The number of halogens is 2. The van der Waals surface area contributed by atoms with Crippen molar-refractivity contribution in [1.82, 2.24) is 5.32 Å². The van der Waals surface area contributed by atoms with Crippen LogP contribution in [0.25, 0.3) is 0 Å². The number of rotatable bonds is 7. The Kier molecular flexibility index (Phi) is 6.94. The van der Waals surface area contributed by atoms with E-state index in [-0.39, 0.29) is 18.6 Å². The summed E-state index contributed by atoms with van der Waals surface area (Å²) in [4.78, 5) is 11.9. The topological polar surface area (TPSA) is 47.6 Å². The molecule has 0 heterocycles. The van der Waals surface area contributed by atoms with E-state index in [1.165, 1.54) is 0 Å². The van der Waals surface area contributed by atoms with Crippen LogP contribution < -0.4 is 14.8 Å². The summed E-state index contributed by atoms with van der Waals surface area (Å²) in [6.07, 6.45) is 0. The van der Waals surface area contributed by atoms with Gasteiger partial charge in [0.2, 0.25) is 0 Å². The van der Waals surface area contributed by atoms with Gasteiger partial charge in [-0.3, -0.25) is 4.79 Å². The van der Waals surface area contributed by atoms with Gasteiger partial charge in [0.05, 0.1) is 11.1 Å². The number of para-hydroxylation sites is 1. The molecule has 1 N–H and O–H groups in total. The van der Waals surface area contributed by atoms with Gasteiger partial charge in [0.25, 0.3) is 5.91 Å². The highest BCUT2D eigenvalue weighted by molar-refractivity contribution is 9.10. The zero-order valence-corrected chi connectivity index (χ0v) is 15.9. The third-order valence-corrected chi connectivity index (χ3v) is 4.03. The lowest BCUT2D eigenvalue weighted by molar-refractivity contribution is -0.123. The standard InChI is InChI=1S/C18H19BrClNO3/c1-12-5-3-4-6-16(12)23-10-13(2)21-18(22)11-24-17-8-7-14(19)9-15(17)20/h3-9,13H,10-11H2,1-2H3,(H,21,22). The first-order valence-corrected chi connectivity index (χ1v) is 8.68. The summed E-state index contributed by atoms with van der Waals surface area (Å²) in [6.45, 7) is 4.14. The fourth-order valence-corrected chi connectivity index (χ4v) is 2.75. The van der Waals surface area contributed by atoms with Crippen molar-refractivity contribution in [2.45, 2.75) is 19.9 Å².